The summed E-state index contributed by atoms with van der Waals surface area (Å²) in [5, 5.41) is 4.42. The average molecular weight is 1110 g/mol. The number of benzene rings is 6. The SMILES string of the molecule is CC(C)c1c[c-]c(-c2ccc([Si](C)(C)C)cn2)cc1.Cc1ccc2ccc3nc(-c4[c-]ccc5c4oc4nc(C(C)C(C)C)ccc45)n(-c4c(-c5ccccc5)cccc4-c4ccccc4)c3c2n1.[Ir]. The van der Waals surface area contributed by atoms with E-state index < -0.39 is 8.07 Å². The third-order valence-corrected chi connectivity index (χ3v) is 15.5. The van der Waals surface area contributed by atoms with Crippen LogP contribution in [0.5, 0.6) is 0 Å². The molecule has 11 rings (SSSR count). The number of imidazole rings is 1. The van der Waals surface area contributed by atoms with Gasteiger partial charge in [-0.25, -0.2) is 4.98 Å². The number of para-hydroxylation sites is 1. The van der Waals surface area contributed by atoms with Crippen molar-refractivity contribution >= 4 is 57.3 Å². The smallest absolute Gasteiger partial charge is 0.216 e. The van der Waals surface area contributed by atoms with Crippen LogP contribution in [-0.4, -0.2) is 32.6 Å². The number of aromatic nitrogens is 5. The van der Waals surface area contributed by atoms with Crippen molar-refractivity contribution < 1.29 is 24.5 Å². The van der Waals surface area contributed by atoms with Gasteiger partial charge in [-0.2, -0.15) is 0 Å². The molecule has 0 aliphatic carbocycles. The molecule has 0 saturated heterocycles. The molecule has 0 N–H and O–H groups in total. The van der Waals surface area contributed by atoms with Gasteiger partial charge in [0.05, 0.1) is 41.7 Å². The molecule has 0 amide bonds. The normalized spacial score (nSPS) is 12.2. The van der Waals surface area contributed by atoms with E-state index in [2.05, 4.69) is 228 Å². The van der Waals surface area contributed by atoms with E-state index in [1.54, 1.807) is 0 Å². The standard InChI is InChI=1S/C45H35N4O.C17H22NSi.Ir/c1-27(2)29(4)38-26-24-36-35-19-12-20-37(43(35)50-45(36)48-38)44-47-39-25-23-32-22-21-28(3)46-40(32)42(39)49(44)41-33(30-13-7-5-8-14-30)17-11-18-34(41)31-15-9-6-10-16-31;1-13(2)14-6-8-15(9-7-14)17-11-10-16(12-18-17)19(3,4)5;/h5-19,21-27,29H,1-4H3;6-8,10-13H,1-5H3;/q2*-1;. The average Bonchev–Trinajstić information content (AvgIpc) is 3.95. The number of nitrogens with zero attached hydrogens (tertiary/aromatic N) is 5. The van der Waals surface area contributed by atoms with Gasteiger partial charge in [0.15, 0.2) is 0 Å². The number of hydrogen-bond donors (Lipinski definition) is 0. The second kappa shape index (κ2) is 19.9. The van der Waals surface area contributed by atoms with Crippen LogP contribution in [0.3, 0.4) is 0 Å². The minimum Gasteiger partial charge on any atom is -0.486 e. The van der Waals surface area contributed by atoms with Gasteiger partial charge in [-0.05, 0) is 59.1 Å². The number of hydrogen-bond acceptors (Lipinski definition) is 5. The van der Waals surface area contributed by atoms with Crippen LogP contribution in [0.2, 0.25) is 19.6 Å². The predicted octanol–water partition coefficient (Wildman–Crippen LogP) is 16.0. The minimum atomic E-state index is -1.25. The Kier molecular flexibility index (Phi) is 13.7. The van der Waals surface area contributed by atoms with Crippen molar-refractivity contribution in [2.45, 2.75) is 73.0 Å². The molecule has 351 valence electrons. The minimum absolute atomic E-state index is 0. The first-order valence-corrected chi connectivity index (χ1v) is 27.6. The van der Waals surface area contributed by atoms with E-state index in [0.717, 1.165) is 94.7 Å². The van der Waals surface area contributed by atoms with Gasteiger partial charge in [0.25, 0.3) is 0 Å². The molecule has 5 heterocycles. The second-order valence-electron chi connectivity index (χ2n) is 19.9. The van der Waals surface area contributed by atoms with Crippen molar-refractivity contribution in [2.75, 3.05) is 0 Å². The molecule has 8 heteroatoms. The Balaban J connectivity index is 0.000000257. The number of furan rings is 1. The molecule has 1 unspecified atom stereocenters. The van der Waals surface area contributed by atoms with Gasteiger partial charge in [-0.3, -0.25) is 9.97 Å². The predicted molar refractivity (Wildman–Crippen MR) is 290 cm³/mol. The molecule has 5 aromatic heterocycles. The molecular formula is C62H57IrN5OSi-2. The van der Waals surface area contributed by atoms with E-state index in [9.17, 15) is 0 Å². The summed E-state index contributed by atoms with van der Waals surface area (Å²) in [5.41, 5.74) is 15.6. The second-order valence-corrected chi connectivity index (χ2v) is 24.9. The molecule has 6 nitrogen and oxygen atoms in total. The van der Waals surface area contributed by atoms with E-state index >= 15 is 0 Å². The van der Waals surface area contributed by atoms with Crippen molar-refractivity contribution in [3.8, 4) is 50.6 Å². The van der Waals surface area contributed by atoms with Crippen LogP contribution in [0.4, 0.5) is 0 Å². The molecule has 1 atom stereocenters. The van der Waals surface area contributed by atoms with Crippen LogP contribution in [0.1, 0.15) is 63.4 Å². The van der Waals surface area contributed by atoms with E-state index in [4.69, 9.17) is 19.4 Å². The Morgan fingerprint density at radius 1 is 0.643 bits per heavy atom. The first-order valence-electron chi connectivity index (χ1n) is 24.1. The van der Waals surface area contributed by atoms with Gasteiger partial charge in [0, 0.05) is 65.5 Å². The third kappa shape index (κ3) is 9.32. The van der Waals surface area contributed by atoms with Crippen LogP contribution >= 0.6 is 0 Å². The van der Waals surface area contributed by atoms with Gasteiger partial charge in [-0.1, -0.05) is 174 Å². The summed E-state index contributed by atoms with van der Waals surface area (Å²) in [6, 6.07) is 62.0. The topological polar surface area (TPSA) is 69.6 Å². The molecule has 0 fully saturated rings. The Hall–Kier alpha value is -6.83. The van der Waals surface area contributed by atoms with Crippen LogP contribution < -0.4 is 5.19 Å². The summed E-state index contributed by atoms with van der Waals surface area (Å²) < 4.78 is 9.02. The molecule has 1 radical (unpaired) electrons. The van der Waals surface area contributed by atoms with E-state index in [0.29, 0.717) is 29.1 Å². The van der Waals surface area contributed by atoms with E-state index in [1.807, 2.05) is 19.2 Å². The first kappa shape index (κ1) is 48.2. The van der Waals surface area contributed by atoms with Crippen molar-refractivity contribution in [1.29, 1.82) is 0 Å². The fourth-order valence-electron chi connectivity index (χ4n) is 9.06. The fraction of sp³-hybridized carbons (Fsp3) is 0.194. The van der Waals surface area contributed by atoms with Crippen LogP contribution in [0.25, 0.3) is 94.6 Å². The van der Waals surface area contributed by atoms with Crippen LogP contribution in [-0.2, 0) is 20.1 Å². The summed E-state index contributed by atoms with van der Waals surface area (Å²) in [5.74, 6) is 2.05. The molecule has 0 bridgehead atoms. The van der Waals surface area contributed by atoms with Crippen molar-refractivity contribution in [3.63, 3.8) is 0 Å². The summed E-state index contributed by atoms with van der Waals surface area (Å²) in [6.45, 7) is 20.1. The molecule has 6 aromatic carbocycles. The zero-order valence-corrected chi connectivity index (χ0v) is 44.7. The number of rotatable bonds is 9. The van der Waals surface area contributed by atoms with Crippen molar-refractivity contribution in [2.24, 2.45) is 5.92 Å². The van der Waals surface area contributed by atoms with Gasteiger partial charge in [0.1, 0.15) is 0 Å². The van der Waals surface area contributed by atoms with Gasteiger partial charge in [-0.15, -0.1) is 53.6 Å². The molecule has 0 saturated carbocycles. The Labute approximate surface area is 426 Å². The quantitative estimate of drug-likeness (QED) is 0.106. The Morgan fingerprint density at radius 3 is 1.96 bits per heavy atom. The van der Waals surface area contributed by atoms with Crippen LogP contribution in [0.15, 0.2) is 168 Å². The maximum absolute atomic E-state index is 6.72. The zero-order valence-electron chi connectivity index (χ0n) is 41.3. The Bertz CT molecular complexity index is 3560. The maximum Gasteiger partial charge on any atom is 0.216 e. The summed E-state index contributed by atoms with van der Waals surface area (Å²) in [4.78, 5) is 20.2. The monoisotopic (exact) mass is 1110 g/mol. The molecule has 0 aliphatic rings. The molecule has 0 spiro atoms. The third-order valence-electron chi connectivity index (χ3n) is 13.5. The number of aryl methyl sites for hydroxylation is 1. The number of pyridine rings is 3. The molecule has 0 aliphatic heterocycles. The summed E-state index contributed by atoms with van der Waals surface area (Å²) in [6.07, 6.45) is 2.03. The maximum atomic E-state index is 6.72. The van der Waals surface area contributed by atoms with Gasteiger partial charge in [0.2, 0.25) is 5.71 Å². The molecule has 70 heavy (non-hydrogen) atoms. The summed E-state index contributed by atoms with van der Waals surface area (Å²) >= 11 is 0. The zero-order chi connectivity index (χ0) is 48.0. The number of fused-ring (bicyclic) bond motifs is 6. The van der Waals surface area contributed by atoms with Gasteiger partial charge >= 0.3 is 0 Å². The van der Waals surface area contributed by atoms with Gasteiger partial charge < -0.3 is 14.0 Å². The first-order chi connectivity index (χ1) is 33.3. The molecule has 11 aromatic rings. The van der Waals surface area contributed by atoms with E-state index in [-0.39, 0.29) is 20.1 Å². The van der Waals surface area contributed by atoms with Crippen LogP contribution in [0, 0.1) is 25.0 Å². The Morgan fingerprint density at radius 2 is 1.34 bits per heavy atom. The summed E-state index contributed by atoms with van der Waals surface area (Å²) in [7, 11) is -1.25. The largest absolute Gasteiger partial charge is 0.486 e. The van der Waals surface area contributed by atoms with E-state index in [1.165, 1.54) is 10.8 Å². The molecular weight excluding hydrogens is 1050 g/mol. The fourth-order valence-corrected chi connectivity index (χ4v) is 10.1. The van der Waals surface area contributed by atoms with Crippen molar-refractivity contribution in [3.05, 3.63) is 193 Å². The van der Waals surface area contributed by atoms with Crippen molar-refractivity contribution in [1.82, 2.24) is 24.5 Å².